The molecule has 0 radical (unpaired) electrons. The van der Waals surface area contributed by atoms with Gasteiger partial charge in [-0.3, -0.25) is 4.79 Å². The van der Waals surface area contributed by atoms with Gasteiger partial charge in [-0.2, -0.15) is 0 Å². The summed E-state index contributed by atoms with van der Waals surface area (Å²) in [5.74, 6) is 0.867. The van der Waals surface area contributed by atoms with E-state index in [1.54, 1.807) is 18.4 Å². The summed E-state index contributed by atoms with van der Waals surface area (Å²) in [6.45, 7) is 1.50. The van der Waals surface area contributed by atoms with E-state index in [0.717, 1.165) is 16.2 Å². The molecule has 0 aliphatic rings. The lowest BCUT2D eigenvalue weighted by Gasteiger charge is -2.23. The second kappa shape index (κ2) is 7.81. The molecule has 112 valence electrons. The Hall–Kier alpha value is -1.85. The minimum atomic E-state index is 0.0665. The first-order valence-electron chi connectivity index (χ1n) is 6.86. The zero-order chi connectivity index (χ0) is 15.1. The van der Waals surface area contributed by atoms with Gasteiger partial charge < -0.3 is 15.4 Å². The number of carbonyl (C=O) groups excluding carboxylic acids is 1. The maximum absolute atomic E-state index is 12.3. The molecule has 0 saturated carbocycles. The van der Waals surface area contributed by atoms with Gasteiger partial charge in [0.2, 0.25) is 5.91 Å². The normalized spacial score (nSPS) is 10.4. The SMILES string of the molecule is COc1ccccc1CN(Cc1cccs1)C(=O)CCN. The van der Waals surface area contributed by atoms with Gasteiger partial charge in [-0.25, -0.2) is 0 Å². The van der Waals surface area contributed by atoms with Crippen LogP contribution in [0.1, 0.15) is 16.9 Å². The van der Waals surface area contributed by atoms with E-state index in [-0.39, 0.29) is 5.91 Å². The molecule has 0 atom stereocenters. The smallest absolute Gasteiger partial charge is 0.224 e. The Morgan fingerprint density at radius 1 is 1.24 bits per heavy atom. The van der Waals surface area contributed by atoms with Gasteiger partial charge in [-0.1, -0.05) is 24.3 Å². The molecule has 0 unspecified atom stereocenters. The maximum atomic E-state index is 12.3. The molecule has 0 spiro atoms. The molecule has 2 N–H and O–H groups in total. The van der Waals surface area contributed by atoms with Gasteiger partial charge in [-0.15, -0.1) is 11.3 Å². The second-order valence-electron chi connectivity index (χ2n) is 4.68. The van der Waals surface area contributed by atoms with Crippen LogP contribution in [0.2, 0.25) is 0 Å². The first kappa shape index (κ1) is 15.5. The fourth-order valence-corrected chi connectivity index (χ4v) is 2.86. The van der Waals surface area contributed by atoms with Crippen LogP contribution >= 0.6 is 11.3 Å². The van der Waals surface area contributed by atoms with Crippen molar-refractivity contribution < 1.29 is 9.53 Å². The highest BCUT2D eigenvalue weighted by Gasteiger charge is 2.16. The Morgan fingerprint density at radius 2 is 2.05 bits per heavy atom. The zero-order valence-corrected chi connectivity index (χ0v) is 12.9. The van der Waals surface area contributed by atoms with Crippen LogP contribution in [-0.4, -0.2) is 24.5 Å². The number of nitrogens with zero attached hydrogens (tertiary/aromatic N) is 1. The third-order valence-electron chi connectivity index (χ3n) is 3.19. The molecule has 1 aromatic carbocycles. The first-order valence-corrected chi connectivity index (χ1v) is 7.74. The van der Waals surface area contributed by atoms with Crippen molar-refractivity contribution >= 4 is 17.2 Å². The lowest BCUT2D eigenvalue weighted by atomic mass is 10.1. The molecule has 0 fully saturated rings. The minimum Gasteiger partial charge on any atom is -0.496 e. The summed E-state index contributed by atoms with van der Waals surface area (Å²) < 4.78 is 5.36. The third kappa shape index (κ3) is 4.31. The minimum absolute atomic E-state index is 0.0665. The van der Waals surface area contributed by atoms with Crippen LogP contribution in [0.25, 0.3) is 0 Å². The number of rotatable bonds is 7. The molecule has 2 rings (SSSR count). The summed E-state index contributed by atoms with van der Waals surface area (Å²) in [4.78, 5) is 15.3. The number of thiophene rings is 1. The number of ether oxygens (including phenoxy) is 1. The summed E-state index contributed by atoms with van der Waals surface area (Å²) in [7, 11) is 1.64. The average Bonchev–Trinajstić information content (AvgIpc) is 3.00. The first-order chi connectivity index (χ1) is 10.2. The third-order valence-corrected chi connectivity index (χ3v) is 4.05. The number of benzene rings is 1. The summed E-state index contributed by atoms with van der Waals surface area (Å²) in [5.41, 5.74) is 6.52. The van der Waals surface area contributed by atoms with Crippen LogP contribution in [-0.2, 0) is 17.9 Å². The highest BCUT2D eigenvalue weighted by molar-refractivity contribution is 7.09. The van der Waals surface area contributed by atoms with Crippen molar-refractivity contribution in [2.45, 2.75) is 19.5 Å². The summed E-state index contributed by atoms with van der Waals surface area (Å²) in [5, 5.41) is 2.02. The largest absolute Gasteiger partial charge is 0.496 e. The molecular weight excluding hydrogens is 284 g/mol. The highest BCUT2D eigenvalue weighted by atomic mass is 32.1. The molecular formula is C16H20N2O2S. The molecule has 0 aliphatic carbocycles. The van der Waals surface area contributed by atoms with Crippen molar-refractivity contribution in [1.82, 2.24) is 4.90 Å². The molecule has 2 aromatic rings. The predicted octanol–water partition coefficient (Wildman–Crippen LogP) is 2.63. The van der Waals surface area contributed by atoms with Crippen LogP contribution < -0.4 is 10.5 Å². The second-order valence-corrected chi connectivity index (χ2v) is 5.71. The lowest BCUT2D eigenvalue weighted by Crippen LogP contribution is -2.31. The summed E-state index contributed by atoms with van der Waals surface area (Å²) >= 11 is 1.65. The quantitative estimate of drug-likeness (QED) is 0.855. The Kier molecular flexibility index (Phi) is 5.78. The van der Waals surface area contributed by atoms with Gasteiger partial charge in [0.15, 0.2) is 0 Å². The predicted molar refractivity (Wildman–Crippen MR) is 85.2 cm³/mol. The topological polar surface area (TPSA) is 55.6 Å². The van der Waals surface area contributed by atoms with E-state index in [0.29, 0.717) is 26.1 Å². The lowest BCUT2D eigenvalue weighted by molar-refractivity contribution is -0.132. The van der Waals surface area contributed by atoms with Crippen LogP contribution in [0.4, 0.5) is 0 Å². The molecule has 1 heterocycles. The van der Waals surface area contributed by atoms with Crippen molar-refractivity contribution in [3.05, 3.63) is 52.2 Å². The molecule has 5 heteroatoms. The Labute approximate surface area is 129 Å². The number of methoxy groups -OCH3 is 1. The van der Waals surface area contributed by atoms with Crippen LogP contribution in [0, 0.1) is 0 Å². The Morgan fingerprint density at radius 3 is 2.71 bits per heavy atom. The molecule has 21 heavy (non-hydrogen) atoms. The van der Waals surface area contributed by atoms with E-state index >= 15 is 0 Å². The standard InChI is InChI=1S/C16H20N2O2S/c1-20-15-7-3-2-5-13(15)11-18(16(19)8-9-17)12-14-6-4-10-21-14/h2-7,10H,8-9,11-12,17H2,1H3. The van der Waals surface area contributed by atoms with Crippen molar-refractivity contribution in [2.24, 2.45) is 5.73 Å². The number of amides is 1. The van der Waals surface area contributed by atoms with Crippen LogP contribution in [0.3, 0.4) is 0 Å². The molecule has 0 saturated heterocycles. The van der Waals surface area contributed by atoms with E-state index in [1.165, 1.54) is 0 Å². The van der Waals surface area contributed by atoms with E-state index in [4.69, 9.17) is 10.5 Å². The fraction of sp³-hybridized carbons (Fsp3) is 0.312. The Bertz CT molecular complexity index is 569. The number of hydrogen-bond acceptors (Lipinski definition) is 4. The van der Waals surface area contributed by atoms with Gasteiger partial charge in [0.1, 0.15) is 5.75 Å². The maximum Gasteiger partial charge on any atom is 0.224 e. The van der Waals surface area contributed by atoms with E-state index in [9.17, 15) is 4.79 Å². The number of carbonyl (C=O) groups is 1. The zero-order valence-electron chi connectivity index (χ0n) is 12.1. The fourth-order valence-electron chi connectivity index (χ4n) is 2.14. The molecule has 1 aromatic heterocycles. The number of nitrogens with two attached hydrogens (primary N) is 1. The van der Waals surface area contributed by atoms with E-state index in [1.807, 2.05) is 46.7 Å². The highest BCUT2D eigenvalue weighted by Crippen LogP contribution is 2.21. The van der Waals surface area contributed by atoms with Crippen LogP contribution in [0.5, 0.6) is 5.75 Å². The molecule has 0 aliphatic heterocycles. The summed E-state index contributed by atoms with van der Waals surface area (Å²) in [6, 6.07) is 11.8. The monoisotopic (exact) mass is 304 g/mol. The van der Waals surface area contributed by atoms with Crippen LogP contribution in [0.15, 0.2) is 41.8 Å². The van der Waals surface area contributed by atoms with Gasteiger partial charge in [-0.05, 0) is 17.5 Å². The van der Waals surface area contributed by atoms with Gasteiger partial charge in [0, 0.05) is 30.0 Å². The van der Waals surface area contributed by atoms with E-state index < -0.39 is 0 Å². The van der Waals surface area contributed by atoms with Crippen molar-refractivity contribution in [3.8, 4) is 5.75 Å². The van der Waals surface area contributed by atoms with E-state index in [2.05, 4.69) is 0 Å². The van der Waals surface area contributed by atoms with Gasteiger partial charge in [0.25, 0.3) is 0 Å². The molecule has 0 bridgehead atoms. The Balaban J connectivity index is 2.16. The van der Waals surface area contributed by atoms with Crippen molar-refractivity contribution in [1.29, 1.82) is 0 Å². The van der Waals surface area contributed by atoms with Gasteiger partial charge >= 0.3 is 0 Å². The summed E-state index contributed by atoms with van der Waals surface area (Å²) in [6.07, 6.45) is 0.362. The number of para-hydroxylation sites is 1. The molecule has 4 nitrogen and oxygen atoms in total. The number of hydrogen-bond donors (Lipinski definition) is 1. The molecule has 1 amide bonds. The van der Waals surface area contributed by atoms with Crippen molar-refractivity contribution in [2.75, 3.05) is 13.7 Å². The van der Waals surface area contributed by atoms with Crippen molar-refractivity contribution in [3.63, 3.8) is 0 Å². The average molecular weight is 304 g/mol. The van der Waals surface area contributed by atoms with Gasteiger partial charge in [0.05, 0.1) is 13.7 Å².